The van der Waals surface area contributed by atoms with Gasteiger partial charge >= 0.3 is 0 Å². The highest BCUT2D eigenvalue weighted by molar-refractivity contribution is 5.81. The SMILES string of the molecule is CCOc1ccccc1-c1nc2ccc(CC)cc2[nH]1. The molecule has 0 saturated heterocycles. The van der Waals surface area contributed by atoms with Gasteiger partial charge in [-0.3, -0.25) is 0 Å². The lowest BCUT2D eigenvalue weighted by Gasteiger charge is -2.07. The highest BCUT2D eigenvalue weighted by Crippen LogP contribution is 2.29. The van der Waals surface area contributed by atoms with Crippen molar-refractivity contribution in [2.45, 2.75) is 20.3 Å². The van der Waals surface area contributed by atoms with Crippen LogP contribution in [0.4, 0.5) is 0 Å². The van der Waals surface area contributed by atoms with Crippen LogP contribution in [0, 0.1) is 0 Å². The van der Waals surface area contributed by atoms with Crippen LogP contribution in [0.25, 0.3) is 22.4 Å². The molecular formula is C17H18N2O. The lowest BCUT2D eigenvalue weighted by Crippen LogP contribution is -1.94. The average Bonchev–Trinajstić information content (AvgIpc) is 2.90. The third-order valence-electron chi connectivity index (χ3n) is 3.40. The predicted molar refractivity (Wildman–Crippen MR) is 82.1 cm³/mol. The van der Waals surface area contributed by atoms with Crippen molar-refractivity contribution >= 4 is 11.0 Å². The molecule has 1 N–H and O–H groups in total. The Hall–Kier alpha value is -2.29. The zero-order valence-electron chi connectivity index (χ0n) is 11.8. The number of ether oxygens (including phenoxy) is 1. The van der Waals surface area contributed by atoms with Gasteiger partial charge in [0.05, 0.1) is 23.2 Å². The summed E-state index contributed by atoms with van der Waals surface area (Å²) in [5, 5.41) is 0. The fourth-order valence-electron chi connectivity index (χ4n) is 2.35. The van der Waals surface area contributed by atoms with Gasteiger partial charge in [-0.05, 0) is 43.2 Å². The standard InChI is InChI=1S/C17H18N2O/c1-3-12-9-10-14-15(11-12)19-17(18-14)13-7-5-6-8-16(13)20-4-2/h5-11H,3-4H2,1-2H3,(H,18,19). The number of nitrogens with one attached hydrogen (secondary N) is 1. The first-order chi connectivity index (χ1) is 9.81. The molecule has 3 nitrogen and oxygen atoms in total. The molecule has 0 aliphatic carbocycles. The van der Waals surface area contributed by atoms with Crippen molar-refractivity contribution in [2.24, 2.45) is 0 Å². The van der Waals surface area contributed by atoms with E-state index in [1.165, 1.54) is 5.56 Å². The van der Waals surface area contributed by atoms with Crippen molar-refractivity contribution in [3.63, 3.8) is 0 Å². The first-order valence-electron chi connectivity index (χ1n) is 7.02. The third kappa shape index (κ3) is 2.27. The summed E-state index contributed by atoms with van der Waals surface area (Å²) in [4.78, 5) is 8.06. The Kier molecular flexibility index (Phi) is 3.42. The van der Waals surface area contributed by atoms with Gasteiger partial charge < -0.3 is 9.72 Å². The normalized spacial score (nSPS) is 10.9. The zero-order chi connectivity index (χ0) is 13.9. The summed E-state index contributed by atoms with van der Waals surface area (Å²) in [5.41, 5.74) is 4.38. The minimum absolute atomic E-state index is 0.650. The molecule has 3 rings (SSSR count). The van der Waals surface area contributed by atoms with Gasteiger partial charge in [0.25, 0.3) is 0 Å². The zero-order valence-corrected chi connectivity index (χ0v) is 11.8. The maximum Gasteiger partial charge on any atom is 0.142 e. The molecule has 0 radical (unpaired) electrons. The van der Waals surface area contributed by atoms with Crippen molar-refractivity contribution in [1.82, 2.24) is 9.97 Å². The van der Waals surface area contributed by atoms with Crippen LogP contribution in [0.1, 0.15) is 19.4 Å². The molecule has 102 valence electrons. The van der Waals surface area contributed by atoms with Crippen LogP contribution in [0.5, 0.6) is 5.75 Å². The van der Waals surface area contributed by atoms with E-state index in [1.807, 2.05) is 31.2 Å². The van der Waals surface area contributed by atoms with Crippen molar-refractivity contribution in [3.05, 3.63) is 48.0 Å². The molecular weight excluding hydrogens is 248 g/mol. The molecule has 0 bridgehead atoms. The van der Waals surface area contributed by atoms with Crippen LogP contribution >= 0.6 is 0 Å². The van der Waals surface area contributed by atoms with E-state index in [0.29, 0.717) is 6.61 Å². The summed E-state index contributed by atoms with van der Waals surface area (Å²) in [6.07, 6.45) is 1.03. The van der Waals surface area contributed by atoms with Gasteiger partial charge in [-0.25, -0.2) is 4.98 Å². The summed E-state index contributed by atoms with van der Waals surface area (Å²) >= 11 is 0. The molecule has 0 unspecified atom stereocenters. The van der Waals surface area contributed by atoms with Crippen molar-refractivity contribution in [2.75, 3.05) is 6.61 Å². The lowest BCUT2D eigenvalue weighted by atomic mass is 10.1. The second-order valence-corrected chi connectivity index (χ2v) is 4.72. The van der Waals surface area contributed by atoms with Crippen molar-refractivity contribution in [1.29, 1.82) is 0 Å². The van der Waals surface area contributed by atoms with Crippen LogP contribution in [-0.2, 0) is 6.42 Å². The summed E-state index contributed by atoms with van der Waals surface area (Å²) in [5.74, 6) is 1.72. The number of rotatable bonds is 4. The Labute approximate surface area is 118 Å². The molecule has 20 heavy (non-hydrogen) atoms. The molecule has 0 saturated carbocycles. The second kappa shape index (κ2) is 5.37. The molecule has 2 aromatic carbocycles. The number of para-hydroxylation sites is 1. The Morgan fingerprint density at radius 3 is 2.75 bits per heavy atom. The number of hydrogen-bond donors (Lipinski definition) is 1. The molecule has 0 fully saturated rings. The summed E-state index contributed by atoms with van der Waals surface area (Å²) < 4.78 is 5.67. The molecule has 0 aliphatic heterocycles. The first kappa shape index (κ1) is 12.7. The van der Waals surface area contributed by atoms with Gasteiger partial charge in [-0.15, -0.1) is 0 Å². The van der Waals surface area contributed by atoms with Gasteiger partial charge in [-0.1, -0.05) is 25.1 Å². The van der Waals surface area contributed by atoms with E-state index in [4.69, 9.17) is 4.74 Å². The van der Waals surface area contributed by atoms with E-state index in [9.17, 15) is 0 Å². The van der Waals surface area contributed by atoms with Crippen molar-refractivity contribution < 1.29 is 4.74 Å². The number of benzene rings is 2. The quantitative estimate of drug-likeness (QED) is 0.768. The van der Waals surface area contributed by atoms with Gasteiger partial charge in [-0.2, -0.15) is 0 Å². The summed E-state index contributed by atoms with van der Waals surface area (Å²) in [6.45, 7) is 4.79. The molecule has 3 heteroatoms. The molecule has 1 aromatic heterocycles. The van der Waals surface area contributed by atoms with Gasteiger partial charge in [0.15, 0.2) is 0 Å². The molecule has 0 atom stereocenters. The summed E-state index contributed by atoms with van der Waals surface area (Å²) in [6, 6.07) is 14.3. The van der Waals surface area contributed by atoms with E-state index in [2.05, 4.69) is 35.1 Å². The molecule has 0 amide bonds. The van der Waals surface area contributed by atoms with Gasteiger partial charge in [0, 0.05) is 0 Å². The Balaban J connectivity index is 2.10. The van der Waals surface area contributed by atoms with Gasteiger partial charge in [0.2, 0.25) is 0 Å². The first-order valence-corrected chi connectivity index (χ1v) is 7.02. The number of H-pyrrole nitrogens is 1. The maximum absolute atomic E-state index is 5.67. The third-order valence-corrected chi connectivity index (χ3v) is 3.40. The Bertz CT molecular complexity index is 731. The molecule has 3 aromatic rings. The number of aromatic nitrogens is 2. The number of nitrogens with zero attached hydrogens (tertiary/aromatic N) is 1. The fourth-order valence-corrected chi connectivity index (χ4v) is 2.35. The minimum Gasteiger partial charge on any atom is -0.493 e. The van der Waals surface area contributed by atoms with Crippen LogP contribution in [0.15, 0.2) is 42.5 Å². The number of aromatic amines is 1. The van der Waals surface area contributed by atoms with Gasteiger partial charge in [0.1, 0.15) is 11.6 Å². The van der Waals surface area contributed by atoms with Crippen LogP contribution in [-0.4, -0.2) is 16.6 Å². The monoisotopic (exact) mass is 266 g/mol. The van der Waals surface area contributed by atoms with Crippen LogP contribution < -0.4 is 4.74 Å². The Morgan fingerprint density at radius 1 is 1.10 bits per heavy atom. The molecule has 0 spiro atoms. The van der Waals surface area contributed by atoms with Crippen LogP contribution in [0.3, 0.4) is 0 Å². The van der Waals surface area contributed by atoms with E-state index < -0.39 is 0 Å². The number of imidazole rings is 1. The highest BCUT2D eigenvalue weighted by atomic mass is 16.5. The molecule has 0 aliphatic rings. The van der Waals surface area contributed by atoms with E-state index in [1.54, 1.807) is 0 Å². The highest BCUT2D eigenvalue weighted by Gasteiger charge is 2.10. The predicted octanol–water partition coefficient (Wildman–Crippen LogP) is 4.19. The minimum atomic E-state index is 0.650. The van der Waals surface area contributed by atoms with Crippen LogP contribution in [0.2, 0.25) is 0 Å². The smallest absolute Gasteiger partial charge is 0.142 e. The maximum atomic E-state index is 5.67. The topological polar surface area (TPSA) is 37.9 Å². The summed E-state index contributed by atoms with van der Waals surface area (Å²) in [7, 11) is 0. The van der Waals surface area contributed by atoms with E-state index in [-0.39, 0.29) is 0 Å². The largest absolute Gasteiger partial charge is 0.493 e. The van der Waals surface area contributed by atoms with E-state index in [0.717, 1.165) is 34.6 Å². The fraction of sp³-hybridized carbons (Fsp3) is 0.235. The number of aryl methyl sites for hydroxylation is 1. The number of fused-ring (bicyclic) bond motifs is 1. The molecule has 1 heterocycles. The second-order valence-electron chi connectivity index (χ2n) is 4.72. The van der Waals surface area contributed by atoms with E-state index >= 15 is 0 Å². The van der Waals surface area contributed by atoms with Crippen molar-refractivity contribution in [3.8, 4) is 17.1 Å². The lowest BCUT2D eigenvalue weighted by molar-refractivity contribution is 0.341. The Morgan fingerprint density at radius 2 is 1.95 bits per heavy atom. The number of hydrogen-bond acceptors (Lipinski definition) is 2. The average molecular weight is 266 g/mol.